The van der Waals surface area contributed by atoms with Crippen molar-refractivity contribution >= 4 is 28.4 Å². The number of hydrogen-bond donors (Lipinski definition) is 1. The van der Waals surface area contributed by atoms with E-state index in [1.807, 2.05) is 24.3 Å². The Balaban J connectivity index is 2.01. The largest absolute Gasteiger partial charge is 0.507 e. The van der Waals surface area contributed by atoms with E-state index in [0.717, 1.165) is 5.52 Å². The van der Waals surface area contributed by atoms with E-state index in [9.17, 15) is 14.7 Å². The SMILES string of the molecule is COC(=O)c1cc(C(=O)c2ccccc2O)cn2c1nc1ccccc12. The maximum atomic E-state index is 12.9. The molecular formula is C20H14N2O4. The molecule has 1 N–H and O–H groups in total. The molecule has 26 heavy (non-hydrogen) atoms. The van der Waals surface area contributed by atoms with Crippen molar-refractivity contribution in [2.24, 2.45) is 0 Å². The third kappa shape index (κ3) is 2.39. The Morgan fingerprint density at radius 2 is 1.77 bits per heavy atom. The van der Waals surface area contributed by atoms with E-state index in [0.29, 0.717) is 11.2 Å². The van der Waals surface area contributed by atoms with E-state index in [4.69, 9.17) is 4.74 Å². The lowest BCUT2D eigenvalue weighted by Gasteiger charge is -2.08. The predicted octanol–water partition coefficient (Wildman–Crippen LogP) is 3.21. The highest BCUT2D eigenvalue weighted by molar-refractivity contribution is 6.12. The van der Waals surface area contributed by atoms with Crippen LogP contribution in [0, 0.1) is 0 Å². The van der Waals surface area contributed by atoms with Crippen LogP contribution in [0.1, 0.15) is 26.3 Å². The van der Waals surface area contributed by atoms with Crippen molar-refractivity contribution < 1.29 is 19.4 Å². The summed E-state index contributed by atoms with van der Waals surface area (Å²) >= 11 is 0. The molecule has 4 rings (SSSR count). The normalized spacial score (nSPS) is 11.0. The molecule has 2 aromatic heterocycles. The van der Waals surface area contributed by atoms with Gasteiger partial charge in [0, 0.05) is 11.8 Å². The number of esters is 1. The fourth-order valence-electron chi connectivity index (χ4n) is 2.97. The van der Waals surface area contributed by atoms with Gasteiger partial charge >= 0.3 is 5.97 Å². The van der Waals surface area contributed by atoms with E-state index in [2.05, 4.69) is 4.98 Å². The molecule has 0 saturated carbocycles. The second kappa shape index (κ2) is 6.00. The lowest BCUT2D eigenvalue weighted by atomic mass is 10.0. The zero-order valence-corrected chi connectivity index (χ0v) is 13.8. The van der Waals surface area contributed by atoms with E-state index < -0.39 is 11.8 Å². The highest BCUT2D eigenvalue weighted by Crippen LogP contribution is 2.25. The van der Waals surface area contributed by atoms with Gasteiger partial charge in [0.25, 0.3) is 0 Å². The van der Waals surface area contributed by atoms with Crippen LogP contribution in [0.25, 0.3) is 16.7 Å². The van der Waals surface area contributed by atoms with Crippen LogP contribution >= 0.6 is 0 Å². The molecule has 0 aliphatic rings. The van der Waals surface area contributed by atoms with Crippen molar-refractivity contribution in [1.29, 1.82) is 0 Å². The van der Waals surface area contributed by atoms with Gasteiger partial charge in [0.05, 0.1) is 23.7 Å². The van der Waals surface area contributed by atoms with Crippen LogP contribution in [0.2, 0.25) is 0 Å². The Hall–Kier alpha value is -3.67. The quantitative estimate of drug-likeness (QED) is 0.455. The van der Waals surface area contributed by atoms with Crippen LogP contribution in [-0.2, 0) is 4.74 Å². The number of carbonyl (C=O) groups excluding carboxylic acids is 2. The van der Waals surface area contributed by atoms with E-state index in [1.54, 1.807) is 22.7 Å². The van der Waals surface area contributed by atoms with Crippen LogP contribution in [0.5, 0.6) is 5.75 Å². The Morgan fingerprint density at radius 1 is 1.04 bits per heavy atom. The third-order valence-electron chi connectivity index (χ3n) is 4.22. The maximum absolute atomic E-state index is 12.9. The average Bonchev–Trinajstić information content (AvgIpc) is 3.05. The summed E-state index contributed by atoms with van der Waals surface area (Å²) in [4.78, 5) is 29.6. The van der Waals surface area contributed by atoms with Gasteiger partial charge in [0.1, 0.15) is 11.3 Å². The lowest BCUT2D eigenvalue weighted by molar-refractivity contribution is 0.0602. The van der Waals surface area contributed by atoms with Gasteiger partial charge in [-0.2, -0.15) is 0 Å². The monoisotopic (exact) mass is 346 g/mol. The fraction of sp³-hybridized carbons (Fsp3) is 0.0500. The number of hydrogen-bond acceptors (Lipinski definition) is 5. The molecule has 0 aliphatic carbocycles. The smallest absolute Gasteiger partial charge is 0.341 e. The van der Waals surface area contributed by atoms with Crippen molar-refractivity contribution in [3.63, 3.8) is 0 Å². The molecule has 0 spiro atoms. The summed E-state index contributed by atoms with van der Waals surface area (Å²) in [5.74, 6) is -1.10. The number of nitrogens with zero attached hydrogens (tertiary/aromatic N) is 2. The molecule has 2 aromatic carbocycles. The molecular weight excluding hydrogens is 332 g/mol. The Labute approximate surface area is 148 Å². The summed E-state index contributed by atoms with van der Waals surface area (Å²) in [6.45, 7) is 0. The molecule has 0 radical (unpaired) electrons. The fourth-order valence-corrected chi connectivity index (χ4v) is 2.97. The number of fused-ring (bicyclic) bond motifs is 3. The van der Waals surface area contributed by atoms with Crippen molar-refractivity contribution in [2.75, 3.05) is 7.11 Å². The van der Waals surface area contributed by atoms with E-state index >= 15 is 0 Å². The van der Waals surface area contributed by atoms with Gasteiger partial charge in [-0.1, -0.05) is 24.3 Å². The number of phenolic OH excluding ortho intramolecular Hbond substituents is 1. The number of carbonyl (C=O) groups is 2. The van der Waals surface area contributed by atoms with Gasteiger partial charge < -0.3 is 9.84 Å². The number of aromatic nitrogens is 2. The van der Waals surface area contributed by atoms with Gasteiger partial charge in [-0.25, -0.2) is 9.78 Å². The topological polar surface area (TPSA) is 80.9 Å². The lowest BCUT2D eigenvalue weighted by Crippen LogP contribution is -2.09. The van der Waals surface area contributed by atoms with Crippen molar-refractivity contribution in [3.05, 3.63) is 77.5 Å². The molecule has 0 atom stereocenters. The highest BCUT2D eigenvalue weighted by atomic mass is 16.5. The molecule has 6 heteroatoms. The van der Waals surface area contributed by atoms with Crippen molar-refractivity contribution in [2.45, 2.75) is 0 Å². The van der Waals surface area contributed by atoms with Crippen LogP contribution in [0.4, 0.5) is 0 Å². The molecule has 0 amide bonds. The number of ketones is 1. The molecule has 0 saturated heterocycles. The van der Waals surface area contributed by atoms with Gasteiger partial charge in [-0.15, -0.1) is 0 Å². The minimum absolute atomic E-state index is 0.118. The summed E-state index contributed by atoms with van der Waals surface area (Å²) in [6.07, 6.45) is 1.62. The minimum Gasteiger partial charge on any atom is -0.507 e. The summed E-state index contributed by atoms with van der Waals surface area (Å²) in [5, 5.41) is 9.98. The molecule has 4 aromatic rings. The summed E-state index contributed by atoms with van der Waals surface area (Å²) in [5.41, 5.74) is 2.47. The first kappa shape index (κ1) is 15.8. The van der Waals surface area contributed by atoms with Crippen molar-refractivity contribution in [3.8, 4) is 5.75 Å². The van der Waals surface area contributed by atoms with Crippen molar-refractivity contribution in [1.82, 2.24) is 9.38 Å². The van der Waals surface area contributed by atoms with Gasteiger partial charge in [0.2, 0.25) is 0 Å². The molecule has 0 fully saturated rings. The minimum atomic E-state index is -0.586. The molecule has 128 valence electrons. The number of rotatable bonds is 3. The van der Waals surface area contributed by atoms with Gasteiger partial charge in [-0.05, 0) is 30.3 Å². The maximum Gasteiger partial charge on any atom is 0.341 e. The van der Waals surface area contributed by atoms with Gasteiger partial charge in [0.15, 0.2) is 11.4 Å². The Bertz CT molecular complexity index is 1180. The van der Waals surface area contributed by atoms with E-state index in [1.165, 1.54) is 25.3 Å². The third-order valence-corrected chi connectivity index (χ3v) is 4.22. The van der Waals surface area contributed by atoms with Crippen LogP contribution in [0.15, 0.2) is 60.8 Å². The number of para-hydroxylation sites is 3. The number of phenols is 1. The number of ether oxygens (including phenoxy) is 1. The molecule has 0 bridgehead atoms. The number of aromatic hydroxyl groups is 1. The first-order chi connectivity index (χ1) is 12.6. The summed E-state index contributed by atoms with van der Waals surface area (Å²) in [6, 6.07) is 15.1. The molecule has 6 nitrogen and oxygen atoms in total. The van der Waals surface area contributed by atoms with Crippen LogP contribution in [-0.4, -0.2) is 33.4 Å². The van der Waals surface area contributed by atoms with Gasteiger partial charge in [-0.3, -0.25) is 9.20 Å². The predicted molar refractivity (Wildman–Crippen MR) is 95.6 cm³/mol. The summed E-state index contributed by atoms with van der Waals surface area (Å²) in [7, 11) is 1.28. The van der Waals surface area contributed by atoms with E-state index in [-0.39, 0.29) is 22.4 Å². The number of imidazole rings is 1. The number of benzene rings is 2. The summed E-state index contributed by atoms with van der Waals surface area (Å²) < 4.78 is 6.54. The molecule has 2 heterocycles. The highest BCUT2D eigenvalue weighted by Gasteiger charge is 2.21. The number of methoxy groups -OCH3 is 1. The number of pyridine rings is 1. The zero-order chi connectivity index (χ0) is 18.3. The van der Waals surface area contributed by atoms with Crippen LogP contribution < -0.4 is 0 Å². The molecule has 0 aliphatic heterocycles. The standard InChI is InChI=1S/C20H14N2O4/c1-26-20(25)14-10-12(18(24)13-6-2-5-9-17(13)23)11-22-16-8-4-3-7-15(16)21-19(14)22/h2-11,23H,1H3. The second-order valence-electron chi connectivity index (χ2n) is 5.77. The first-order valence-corrected chi connectivity index (χ1v) is 7.92. The molecule has 0 unspecified atom stereocenters. The Kier molecular flexibility index (Phi) is 3.65. The zero-order valence-electron chi connectivity index (χ0n) is 13.8. The first-order valence-electron chi connectivity index (χ1n) is 7.92. The Morgan fingerprint density at radius 3 is 2.54 bits per heavy atom. The second-order valence-corrected chi connectivity index (χ2v) is 5.77. The van der Waals surface area contributed by atoms with Crippen LogP contribution in [0.3, 0.4) is 0 Å². The average molecular weight is 346 g/mol.